The van der Waals surface area contributed by atoms with Crippen LogP contribution >= 0.6 is 0 Å². The molecule has 2 aromatic carbocycles. The van der Waals surface area contributed by atoms with Crippen molar-refractivity contribution in [2.24, 2.45) is 29.1 Å². The fourth-order valence-electron chi connectivity index (χ4n) is 5.97. The highest BCUT2D eigenvalue weighted by atomic mass is 16.2. The number of carbonyl (C=O) groups is 3. The maximum Gasteiger partial charge on any atom is 0.252 e. The second-order valence-electron chi connectivity index (χ2n) is 8.58. The van der Waals surface area contributed by atoms with E-state index in [9.17, 15) is 14.4 Å². The number of fused-ring (bicyclic) bond motifs is 4. The lowest BCUT2D eigenvalue weighted by atomic mass is 9.85. The summed E-state index contributed by atoms with van der Waals surface area (Å²) in [4.78, 5) is 38.6. The summed E-state index contributed by atoms with van der Waals surface area (Å²) in [5.41, 5.74) is 3.65. The predicted octanol–water partition coefficient (Wildman–Crippen LogP) is 2.61. The number of carbonyl (C=O) groups excluding carboxylic acids is 3. The van der Waals surface area contributed by atoms with Crippen LogP contribution in [0.4, 0.5) is 0 Å². The number of amides is 3. The van der Waals surface area contributed by atoms with E-state index in [1.54, 1.807) is 0 Å². The monoisotopic (exact) mass is 372 g/mol. The van der Waals surface area contributed by atoms with Crippen LogP contribution in [-0.2, 0) is 20.8 Å². The molecule has 6 rings (SSSR count). The van der Waals surface area contributed by atoms with Crippen LogP contribution in [-0.4, -0.2) is 22.7 Å². The molecule has 3 fully saturated rings. The number of benzene rings is 2. The summed E-state index contributed by atoms with van der Waals surface area (Å²) >= 11 is 0. The van der Waals surface area contributed by atoms with Gasteiger partial charge in [0.2, 0.25) is 5.91 Å². The maximum absolute atomic E-state index is 13.0. The highest BCUT2D eigenvalue weighted by Gasteiger charge is 2.73. The Morgan fingerprint density at radius 3 is 2.29 bits per heavy atom. The predicted molar refractivity (Wildman–Crippen MR) is 102 cm³/mol. The van der Waals surface area contributed by atoms with Crippen LogP contribution in [0.3, 0.4) is 0 Å². The first kappa shape index (κ1) is 16.0. The fourth-order valence-corrected chi connectivity index (χ4v) is 5.97. The van der Waals surface area contributed by atoms with Crippen molar-refractivity contribution in [1.29, 1.82) is 0 Å². The second kappa shape index (κ2) is 5.31. The summed E-state index contributed by atoms with van der Waals surface area (Å²) in [6, 6.07) is 13.7. The SMILES string of the molecule is O=C(Cc1cccc2ccccc12)NN1C(=O)[C@@H]2[C@@H](C1=O)[C@H]1C=C[C@H]2C12CC2. The Hall–Kier alpha value is -2.95. The van der Waals surface area contributed by atoms with Gasteiger partial charge in [0, 0.05) is 0 Å². The highest BCUT2D eigenvalue weighted by molar-refractivity contribution is 6.08. The van der Waals surface area contributed by atoms with Crippen LogP contribution < -0.4 is 5.43 Å². The molecular weight excluding hydrogens is 352 g/mol. The Morgan fingerprint density at radius 2 is 1.61 bits per heavy atom. The minimum absolute atomic E-state index is 0.128. The van der Waals surface area contributed by atoms with Crippen molar-refractivity contribution in [3.63, 3.8) is 0 Å². The molecular formula is C23H20N2O3. The molecule has 1 saturated heterocycles. The van der Waals surface area contributed by atoms with E-state index in [1.165, 1.54) is 0 Å². The molecule has 1 aliphatic heterocycles. The van der Waals surface area contributed by atoms with Crippen LogP contribution in [0.1, 0.15) is 18.4 Å². The van der Waals surface area contributed by atoms with Gasteiger partial charge in [-0.15, -0.1) is 0 Å². The van der Waals surface area contributed by atoms with E-state index in [2.05, 4.69) is 17.6 Å². The van der Waals surface area contributed by atoms with Gasteiger partial charge in [0.25, 0.3) is 11.8 Å². The van der Waals surface area contributed by atoms with E-state index in [-0.39, 0.29) is 53.2 Å². The van der Waals surface area contributed by atoms with E-state index < -0.39 is 0 Å². The molecule has 2 saturated carbocycles. The summed E-state index contributed by atoms with van der Waals surface area (Å²) in [5, 5.41) is 3.08. The first-order valence-electron chi connectivity index (χ1n) is 9.92. The molecule has 5 nitrogen and oxygen atoms in total. The lowest BCUT2D eigenvalue weighted by Crippen LogP contribution is -2.48. The highest BCUT2D eigenvalue weighted by Crippen LogP contribution is 2.73. The van der Waals surface area contributed by atoms with Crippen molar-refractivity contribution in [3.8, 4) is 0 Å². The quantitative estimate of drug-likeness (QED) is 0.665. The summed E-state index contributed by atoms with van der Waals surface area (Å²) in [5.74, 6) is -1.04. The smallest absolute Gasteiger partial charge is 0.252 e. The molecule has 0 unspecified atom stereocenters. The third kappa shape index (κ3) is 1.94. The van der Waals surface area contributed by atoms with Crippen molar-refractivity contribution in [1.82, 2.24) is 10.4 Å². The van der Waals surface area contributed by atoms with Crippen molar-refractivity contribution in [2.75, 3.05) is 0 Å². The van der Waals surface area contributed by atoms with Crippen molar-refractivity contribution < 1.29 is 14.4 Å². The molecule has 28 heavy (non-hydrogen) atoms. The van der Waals surface area contributed by atoms with Gasteiger partial charge in [0.15, 0.2) is 0 Å². The maximum atomic E-state index is 13.0. The van der Waals surface area contributed by atoms with Gasteiger partial charge in [0.05, 0.1) is 18.3 Å². The van der Waals surface area contributed by atoms with Gasteiger partial charge in [-0.1, -0.05) is 54.6 Å². The summed E-state index contributed by atoms with van der Waals surface area (Å²) < 4.78 is 0. The number of nitrogens with one attached hydrogen (secondary N) is 1. The Labute approximate surface area is 162 Å². The lowest BCUT2D eigenvalue weighted by molar-refractivity contribution is -0.150. The minimum atomic E-state index is -0.334. The van der Waals surface area contributed by atoms with Gasteiger partial charge in [-0.3, -0.25) is 19.8 Å². The minimum Gasteiger partial charge on any atom is -0.273 e. The molecule has 0 radical (unpaired) electrons. The van der Waals surface area contributed by atoms with Gasteiger partial charge in [-0.05, 0) is 46.4 Å². The number of rotatable bonds is 3. The summed E-state index contributed by atoms with van der Waals surface area (Å²) in [7, 11) is 0. The van der Waals surface area contributed by atoms with Crippen LogP contribution in [0.5, 0.6) is 0 Å². The van der Waals surface area contributed by atoms with Crippen molar-refractivity contribution in [3.05, 3.63) is 60.2 Å². The molecule has 1 N–H and O–H groups in total. The standard InChI is InChI=1S/C23H20N2O3/c26-18(12-14-6-3-5-13-4-1-2-7-15(13)14)24-25-21(27)19-16-8-9-17(20(19)22(25)28)23(16)10-11-23/h1-9,16-17,19-20H,10-12H2,(H,24,26)/t16-,17-,19+,20+/m1/s1. The van der Waals surface area contributed by atoms with Crippen LogP contribution in [0, 0.1) is 29.1 Å². The molecule has 3 amide bonds. The number of nitrogens with zero attached hydrogens (tertiary/aromatic N) is 1. The van der Waals surface area contributed by atoms with E-state index in [0.29, 0.717) is 0 Å². The Morgan fingerprint density at radius 1 is 0.964 bits per heavy atom. The van der Waals surface area contributed by atoms with Gasteiger partial charge in [0.1, 0.15) is 0 Å². The molecule has 4 aliphatic rings. The molecule has 1 heterocycles. The Kier molecular flexibility index (Phi) is 3.04. The second-order valence-corrected chi connectivity index (χ2v) is 8.58. The number of hydrogen-bond donors (Lipinski definition) is 1. The molecule has 0 aromatic heterocycles. The average Bonchev–Trinajstić information content (AvgIpc) is 3.31. The number of hydrazine groups is 1. The first-order chi connectivity index (χ1) is 13.6. The fraction of sp³-hybridized carbons (Fsp3) is 0.348. The number of imide groups is 1. The third-order valence-corrected chi connectivity index (χ3v) is 7.32. The normalized spacial score (nSPS) is 31.1. The zero-order valence-corrected chi connectivity index (χ0v) is 15.3. The lowest BCUT2D eigenvalue weighted by Gasteiger charge is -2.22. The van der Waals surface area contributed by atoms with Gasteiger partial charge in [-0.2, -0.15) is 5.01 Å². The average molecular weight is 372 g/mol. The van der Waals surface area contributed by atoms with E-state index in [0.717, 1.165) is 34.2 Å². The van der Waals surface area contributed by atoms with Crippen LogP contribution in [0.15, 0.2) is 54.6 Å². The van der Waals surface area contributed by atoms with E-state index in [1.807, 2.05) is 42.5 Å². The topological polar surface area (TPSA) is 66.5 Å². The van der Waals surface area contributed by atoms with Gasteiger partial charge < -0.3 is 0 Å². The Balaban J connectivity index is 1.23. The van der Waals surface area contributed by atoms with Crippen LogP contribution in [0.25, 0.3) is 10.8 Å². The molecule has 5 heteroatoms. The zero-order valence-electron chi connectivity index (χ0n) is 15.3. The number of hydrogen-bond acceptors (Lipinski definition) is 3. The van der Waals surface area contributed by atoms with Gasteiger partial charge in [-0.25, -0.2) is 0 Å². The number of allylic oxidation sites excluding steroid dienone is 2. The van der Waals surface area contributed by atoms with E-state index >= 15 is 0 Å². The molecule has 3 aliphatic carbocycles. The summed E-state index contributed by atoms with van der Waals surface area (Å²) in [6.45, 7) is 0. The van der Waals surface area contributed by atoms with Crippen molar-refractivity contribution >= 4 is 28.5 Å². The summed E-state index contributed by atoms with van der Waals surface area (Å²) in [6.07, 6.45) is 6.60. The zero-order chi connectivity index (χ0) is 19.0. The first-order valence-corrected chi connectivity index (χ1v) is 9.92. The molecule has 140 valence electrons. The largest absolute Gasteiger partial charge is 0.273 e. The molecule has 1 spiro atoms. The van der Waals surface area contributed by atoms with Gasteiger partial charge >= 0.3 is 0 Å². The molecule has 4 atom stereocenters. The van der Waals surface area contributed by atoms with E-state index in [4.69, 9.17) is 0 Å². The molecule has 2 aromatic rings. The molecule has 2 bridgehead atoms. The van der Waals surface area contributed by atoms with Crippen molar-refractivity contribution in [2.45, 2.75) is 19.3 Å². The third-order valence-electron chi connectivity index (χ3n) is 7.32. The Bertz CT molecular complexity index is 1040. The van der Waals surface area contributed by atoms with Crippen LogP contribution in [0.2, 0.25) is 0 Å².